The van der Waals surface area contributed by atoms with Gasteiger partial charge in [0.2, 0.25) is 0 Å². The molecule has 0 radical (unpaired) electrons. The molecule has 0 bridgehead atoms. The molecule has 0 aliphatic heterocycles. The van der Waals surface area contributed by atoms with Crippen LogP contribution >= 0.6 is 0 Å². The van der Waals surface area contributed by atoms with E-state index in [0.29, 0.717) is 0 Å². The lowest BCUT2D eigenvalue weighted by Gasteiger charge is -2.29. The van der Waals surface area contributed by atoms with Gasteiger partial charge in [-0.25, -0.2) is 4.68 Å². The van der Waals surface area contributed by atoms with Crippen LogP contribution in [0.2, 0.25) is 0 Å². The number of amides is 1. The van der Waals surface area contributed by atoms with Gasteiger partial charge in [0.05, 0.1) is 29.1 Å². The summed E-state index contributed by atoms with van der Waals surface area (Å²) in [6.07, 6.45) is -4.56. The Hall–Kier alpha value is -2.88. The van der Waals surface area contributed by atoms with Crippen molar-refractivity contribution >= 4 is 17.4 Å². The number of hydrogen-bond acceptors (Lipinski definition) is 5. The standard InChI is InChI=1S/C20H23F3N4O3/c1-10(9-28)25-13-6-11(4-5-12(13)18(24)30)27-14-7-19(2,3)8-15(29)16(14)17(26-27)20(21,22)23/h4-6,10,25,28H,7-9H2,1-3H3,(H2,24,30). The van der Waals surface area contributed by atoms with Gasteiger partial charge in [0.15, 0.2) is 11.5 Å². The maximum Gasteiger partial charge on any atom is 0.435 e. The Bertz CT molecular complexity index is 1010. The molecule has 1 heterocycles. The van der Waals surface area contributed by atoms with Gasteiger partial charge in [0, 0.05) is 18.2 Å². The topological polar surface area (TPSA) is 110 Å². The maximum atomic E-state index is 13.6. The number of alkyl halides is 3. The first-order valence-electron chi connectivity index (χ1n) is 9.38. The highest BCUT2D eigenvalue weighted by Crippen LogP contribution is 2.42. The molecule has 1 aromatic heterocycles. The lowest BCUT2D eigenvalue weighted by molar-refractivity contribution is -0.141. The summed E-state index contributed by atoms with van der Waals surface area (Å²) in [7, 11) is 0. The van der Waals surface area contributed by atoms with Crippen molar-refractivity contribution in [3.63, 3.8) is 0 Å². The first-order chi connectivity index (χ1) is 13.8. The number of nitrogens with one attached hydrogen (secondary N) is 1. The molecular weight excluding hydrogens is 401 g/mol. The van der Waals surface area contributed by atoms with Crippen molar-refractivity contribution in [1.29, 1.82) is 0 Å². The van der Waals surface area contributed by atoms with Gasteiger partial charge in [-0.1, -0.05) is 13.8 Å². The third-order valence-corrected chi connectivity index (χ3v) is 5.00. The number of anilines is 1. The zero-order valence-corrected chi connectivity index (χ0v) is 16.8. The molecule has 30 heavy (non-hydrogen) atoms. The number of aliphatic hydroxyl groups excluding tert-OH is 1. The number of aliphatic hydroxyl groups is 1. The molecule has 1 aliphatic carbocycles. The molecule has 1 amide bonds. The number of nitrogens with two attached hydrogens (primary N) is 1. The number of hydrogen-bond donors (Lipinski definition) is 3. The number of ketones is 1. The Morgan fingerprint density at radius 1 is 1.37 bits per heavy atom. The predicted octanol–water partition coefficient (Wildman–Crippen LogP) is 2.94. The highest BCUT2D eigenvalue weighted by atomic mass is 19.4. The molecule has 162 valence electrons. The summed E-state index contributed by atoms with van der Waals surface area (Å²) in [5.41, 5.74) is 4.04. The van der Waals surface area contributed by atoms with Gasteiger partial charge in [0.1, 0.15) is 0 Å². The van der Waals surface area contributed by atoms with E-state index in [1.165, 1.54) is 18.2 Å². The molecule has 0 saturated heterocycles. The van der Waals surface area contributed by atoms with Gasteiger partial charge < -0.3 is 16.2 Å². The third-order valence-electron chi connectivity index (χ3n) is 5.00. The largest absolute Gasteiger partial charge is 0.435 e. The van der Waals surface area contributed by atoms with E-state index in [1.54, 1.807) is 6.92 Å². The van der Waals surface area contributed by atoms with Crippen molar-refractivity contribution in [3.05, 3.63) is 40.7 Å². The van der Waals surface area contributed by atoms with E-state index in [0.717, 1.165) is 4.68 Å². The number of carbonyl (C=O) groups excluding carboxylic acids is 2. The van der Waals surface area contributed by atoms with Crippen LogP contribution in [0.15, 0.2) is 18.2 Å². The van der Waals surface area contributed by atoms with Crippen molar-refractivity contribution < 1.29 is 27.9 Å². The SMILES string of the molecule is CC(CO)Nc1cc(-n2nc(C(F)(F)F)c3c2CC(C)(C)CC3=O)ccc1C(N)=O. The van der Waals surface area contributed by atoms with Crippen molar-refractivity contribution in [1.82, 2.24) is 9.78 Å². The highest BCUT2D eigenvalue weighted by Gasteiger charge is 2.45. The van der Waals surface area contributed by atoms with Gasteiger partial charge in [-0.2, -0.15) is 18.3 Å². The van der Waals surface area contributed by atoms with E-state index in [9.17, 15) is 27.9 Å². The van der Waals surface area contributed by atoms with E-state index in [2.05, 4.69) is 10.4 Å². The Morgan fingerprint density at radius 3 is 2.60 bits per heavy atom. The summed E-state index contributed by atoms with van der Waals surface area (Å²) in [6.45, 7) is 5.05. The van der Waals surface area contributed by atoms with Crippen LogP contribution in [-0.2, 0) is 12.6 Å². The molecule has 1 aliphatic rings. The smallest absolute Gasteiger partial charge is 0.394 e. The Labute approximate surface area is 171 Å². The summed E-state index contributed by atoms with van der Waals surface area (Å²) >= 11 is 0. The molecule has 0 saturated carbocycles. The molecule has 7 nitrogen and oxygen atoms in total. The Kier molecular flexibility index (Phi) is 5.40. The number of benzene rings is 1. The molecule has 2 aromatic rings. The number of Topliss-reactive ketones (excluding diaryl/α,β-unsaturated/α-hetero) is 1. The van der Waals surface area contributed by atoms with E-state index < -0.39 is 40.6 Å². The summed E-state index contributed by atoms with van der Waals surface area (Å²) in [5.74, 6) is -1.33. The van der Waals surface area contributed by atoms with E-state index in [-0.39, 0.29) is 42.1 Å². The monoisotopic (exact) mass is 424 g/mol. The van der Waals surface area contributed by atoms with Crippen molar-refractivity contribution in [2.75, 3.05) is 11.9 Å². The van der Waals surface area contributed by atoms with Crippen molar-refractivity contribution in [2.45, 2.75) is 45.8 Å². The van der Waals surface area contributed by atoms with Gasteiger partial charge >= 0.3 is 6.18 Å². The fourth-order valence-corrected chi connectivity index (χ4v) is 3.67. The summed E-state index contributed by atoms with van der Waals surface area (Å²) < 4.78 is 41.9. The molecule has 0 spiro atoms. The Morgan fingerprint density at radius 2 is 2.03 bits per heavy atom. The van der Waals surface area contributed by atoms with Crippen LogP contribution < -0.4 is 11.1 Å². The lowest BCUT2D eigenvalue weighted by atomic mass is 9.75. The fraction of sp³-hybridized carbons (Fsp3) is 0.450. The summed E-state index contributed by atoms with van der Waals surface area (Å²) in [5, 5.41) is 15.9. The van der Waals surface area contributed by atoms with E-state index >= 15 is 0 Å². The number of nitrogens with zero attached hydrogens (tertiary/aromatic N) is 2. The van der Waals surface area contributed by atoms with Crippen LogP contribution in [0, 0.1) is 5.41 Å². The number of aromatic nitrogens is 2. The minimum Gasteiger partial charge on any atom is -0.394 e. The number of carbonyl (C=O) groups is 2. The van der Waals surface area contributed by atoms with Crippen molar-refractivity contribution in [2.24, 2.45) is 11.1 Å². The van der Waals surface area contributed by atoms with Crippen LogP contribution in [0.4, 0.5) is 18.9 Å². The van der Waals surface area contributed by atoms with Gasteiger partial charge in [-0.05, 0) is 37.0 Å². The second-order valence-corrected chi connectivity index (χ2v) is 8.34. The van der Waals surface area contributed by atoms with E-state index in [1.807, 2.05) is 13.8 Å². The summed E-state index contributed by atoms with van der Waals surface area (Å²) in [4.78, 5) is 24.3. The lowest BCUT2D eigenvalue weighted by Crippen LogP contribution is -2.29. The minimum atomic E-state index is -4.79. The Balaban J connectivity index is 2.22. The maximum absolute atomic E-state index is 13.6. The van der Waals surface area contributed by atoms with Gasteiger partial charge in [-0.3, -0.25) is 9.59 Å². The second kappa shape index (κ2) is 7.42. The van der Waals surface area contributed by atoms with Crippen molar-refractivity contribution in [3.8, 4) is 5.69 Å². The van der Waals surface area contributed by atoms with Crippen LogP contribution in [-0.4, -0.2) is 39.2 Å². The van der Waals surface area contributed by atoms with E-state index in [4.69, 9.17) is 5.73 Å². The molecule has 10 heteroatoms. The molecule has 4 N–H and O–H groups in total. The van der Waals surface area contributed by atoms with Crippen LogP contribution in [0.25, 0.3) is 5.69 Å². The zero-order chi connectivity index (χ0) is 22.4. The van der Waals surface area contributed by atoms with Gasteiger partial charge in [0.25, 0.3) is 5.91 Å². The normalized spacial score (nSPS) is 16.8. The second-order valence-electron chi connectivity index (χ2n) is 8.34. The van der Waals surface area contributed by atoms with Crippen LogP contribution in [0.1, 0.15) is 59.3 Å². The first-order valence-corrected chi connectivity index (χ1v) is 9.38. The van der Waals surface area contributed by atoms with Gasteiger partial charge in [-0.15, -0.1) is 0 Å². The average Bonchev–Trinajstić information content (AvgIpc) is 3.00. The zero-order valence-electron chi connectivity index (χ0n) is 16.8. The third kappa shape index (κ3) is 4.04. The minimum absolute atomic E-state index is 0.00376. The fourth-order valence-electron chi connectivity index (χ4n) is 3.67. The first kappa shape index (κ1) is 21.8. The van der Waals surface area contributed by atoms with Crippen LogP contribution in [0.3, 0.4) is 0 Å². The molecule has 3 rings (SSSR count). The molecule has 1 aromatic carbocycles. The summed E-state index contributed by atoms with van der Waals surface area (Å²) in [6, 6.07) is 3.80. The number of primary amides is 1. The quantitative estimate of drug-likeness (QED) is 0.684. The highest BCUT2D eigenvalue weighted by molar-refractivity contribution is 6.00. The molecule has 0 fully saturated rings. The molecule has 1 unspecified atom stereocenters. The number of rotatable bonds is 5. The van der Waals surface area contributed by atoms with Crippen LogP contribution in [0.5, 0.6) is 0 Å². The molecular formula is C20H23F3N4O3. The predicted molar refractivity (Wildman–Crippen MR) is 104 cm³/mol. The average molecular weight is 424 g/mol. The number of fused-ring (bicyclic) bond motifs is 1. The number of halogens is 3. The molecule has 1 atom stereocenters.